The Hall–Kier alpha value is -4.14. The molecule has 1 aliphatic rings. The number of phenols is 1. The first kappa shape index (κ1) is 19.6. The Morgan fingerprint density at radius 1 is 1.03 bits per heavy atom. The van der Waals surface area contributed by atoms with Crippen LogP contribution in [0, 0.1) is 5.92 Å². The molecule has 0 bridgehead atoms. The molecular formula is C20H18N4O5. The van der Waals surface area contributed by atoms with Gasteiger partial charge in [-0.05, 0) is 31.2 Å². The number of urea groups is 1. The van der Waals surface area contributed by atoms with Crippen molar-refractivity contribution in [3.63, 3.8) is 0 Å². The van der Waals surface area contributed by atoms with E-state index in [9.17, 15) is 24.3 Å². The van der Waals surface area contributed by atoms with E-state index in [1.165, 1.54) is 18.2 Å². The van der Waals surface area contributed by atoms with E-state index in [1.54, 1.807) is 49.4 Å². The lowest BCUT2D eigenvalue weighted by molar-refractivity contribution is -0.132. The number of nitrogens with zero attached hydrogens (tertiary/aromatic N) is 1. The molecule has 0 saturated carbocycles. The second kappa shape index (κ2) is 8.26. The molecule has 0 aromatic heterocycles. The van der Waals surface area contributed by atoms with Gasteiger partial charge in [0.2, 0.25) is 5.91 Å². The van der Waals surface area contributed by atoms with Gasteiger partial charge < -0.3 is 10.5 Å². The number of phenolic OH excluding ortho intramolecular Hbond substituents is 1. The third-order valence-corrected chi connectivity index (χ3v) is 4.27. The van der Waals surface area contributed by atoms with Crippen LogP contribution in [-0.2, 0) is 9.59 Å². The van der Waals surface area contributed by atoms with E-state index in [1.807, 2.05) is 0 Å². The lowest BCUT2D eigenvalue weighted by Gasteiger charge is -2.31. The number of barbiturate groups is 1. The van der Waals surface area contributed by atoms with Crippen molar-refractivity contribution < 1.29 is 24.3 Å². The largest absolute Gasteiger partial charge is 0.507 e. The SMILES string of the molecule is C/C=C(\NNC(=O)c1ccccc1O)[C@@H]1C(=O)NC(=O)N(c2ccccc2)C1=O. The molecule has 1 fully saturated rings. The van der Waals surface area contributed by atoms with Gasteiger partial charge in [0, 0.05) is 5.70 Å². The van der Waals surface area contributed by atoms with E-state index in [4.69, 9.17) is 0 Å². The number of anilines is 1. The number of benzene rings is 2. The van der Waals surface area contributed by atoms with Crippen LogP contribution in [0.4, 0.5) is 10.5 Å². The molecule has 1 heterocycles. The molecule has 0 unspecified atom stereocenters. The lowest BCUT2D eigenvalue weighted by atomic mass is 10.00. The van der Waals surface area contributed by atoms with Crippen LogP contribution in [-0.4, -0.2) is 28.9 Å². The lowest BCUT2D eigenvalue weighted by Crippen LogP contribution is -2.60. The van der Waals surface area contributed by atoms with Gasteiger partial charge in [-0.25, -0.2) is 9.69 Å². The first-order valence-corrected chi connectivity index (χ1v) is 8.68. The fraction of sp³-hybridized carbons (Fsp3) is 0.100. The van der Waals surface area contributed by atoms with Gasteiger partial charge in [-0.2, -0.15) is 0 Å². The Morgan fingerprint density at radius 3 is 2.34 bits per heavy atom. The first-order valence-electron chi connectivity index (χ1n) is 8.68. The molecule has 9 heteroatoms. The molecule has 2 aromatic rings. The summed E-state index contributed by atoms with van der Waals surface area (Å²) >= 11 is 0. The highest BCUT2D eigenvalue weighted by molar-refractivity contribution is 6.28. The second-order valence-corrected chi connectivity index (χ2v) is 6.08. The Bertz CT molecular complexity index is 1000. The highest BCUT2D eigenvalue weighted by Gasteiger charge is 2.43. The number of amides is 5. The smallest absolute Gasteiger partial charge is 0.335 e. The van der Waals surface area contributed by atoms with E-state index in [0.717, 1.165) is 4.90 Å². The second-order valence-electron chi connectivity index (χ2n) is 6.08. The molecule has 29 heavy (non-hydrogen) atoms. The van der Waals surface area contributed by atoms with E-state index in [2.05, 4.69) is 16.2 Å². The molecule has 0 radical (unpaired) electrons. The van der Waals surface area contributed by atoms with Gasteiger partial charge in [-0.15, -0.1) is 0 Å². The van der Waals surface area contributed by atoms with Crippen molar-refractivity contribution in [1.29, 1.82) is 0 Å². The maximum atomic E-state index is 12.9. The number of imide groups is 2. The van der Waals surface area contributed by atoms with E-state index >= 15 is 0 Å². The summed E-state index contributed by atoms with van der Waals surface area (Å²) < 4.78 is 0. The fourth-order valence-electron chi connectivity index (χ4n) is 2.84. The number of carbonyl (C=O) groups is 4. The number of hydrogen-bond acceptors (Lipinski definition) is 6. The van der Waals surface area contributed by atoms with Crippen LogP contribution >= 0.6 is 0 Å². The Labute approximate surface area is 166 Å². The normalized spacial score (nSPS) is 17.0. The van der Waals surface area contributed by atoms with Crippen molar-refractivity contribution in [2.75, 3.05) is 4.90 Å². The summed E-state index contributed by atoms with van der Waals surface area (Å²) in [6.07, 6.45) is 1.44. The predicted octanol–water partition coefficient (Wildman–Crippen LogP) is 1.43. The molecule has 3 rings (SSSR count). The molecule has 5 amide bonds. The Balaban J connectivity index is 1.80. The zero-order valence-corrected chi connectivity index (χ0v) is 15.4. The summed E-state index contributed by atoms with van der Waals surface area (Å²) in [7, 11) is 0. The maximum absolute atomic E-state index is 12.9. The standard InChI is InChI=1S/C20H18N4O5/c1-2-14(22-23-17(26)13-10-6-7-11-15(13)25)16-18(27)21-20(29)24(19(16)28)12-8-4-3-5-9-12/h2-11,16,22,25H,1H3,(H,23,26)(H,21,27,29)/b14-2-/t16-/m1/s1. The zero-order chi connectivity index (χ0) is 21.0. The summed E-state index contributed by atoms with van der Waals surface area (Å²) in [4.78, 5) is 50.6. The van der Waals surface area contributed by atoms with E-state index in [0.29, 0.717) is 5.69 Å². The summed E-state index contributed by atoms with van der Waals surface area (Å²) in [6.45, 7) is 1.57. The third kappa shape index (κ3) is 3.93. The zero-order valence-electron chi connectivity index (χ0n) is 15.4. The van der Waals surface area contributed by atoms with Crippen LogP contribution in [0.1, 0.15) is 17.3 Å². The highest BCUT2D eigenvalue weighted by atomic mass is 16.3. The first-order chi connectivity index (χ1) is 13.9. The van der Waals surface area contributed by atoms with Crippen LogP contribution in [0.25, 0.3) is 0 Å². The van der Waals surface area contributed by atoms with Gasteiger partial charge in [0.15, 0.2) is 5.92 Å². The Morgan fingerprint density at radius 2 is 1.69 bits per heavy atom. The highest BCUT2D eigenvalue weighted by Crippen LogP contribution is 2.23. The van der Waals surface area contributed by atoms with Crippen LogP contribution in [0.3, 0.4) is 0 Å². The topological polar surface area (TPSA) is 128 Å². The van der Waals surface area contributed by atoms with Crippen molar-refractivity contribution in [1.82, 2.24) is 16.2 Å². The van der Waals surface area contributed by atoms with Crippen molar-refractivity contribution in [2.45, 2.75) is 6.92 Å². The summed E-state index contributed by atoms with van der Waals surface area (Å²) in [5, 5.41) is 11.9. The third-order valence-electron chi connectivity index (χ3n) is 4.27. The van der Waals surface area contributed by atoms with Gasteiger partial charge in [-0.3, -0.25) is 25.1 Å². The minimum absolute atomic E-state index is 0.0102. The number of aromatic hydroxyl groups is 1. The number of allylic oxidation sites excluding steroid dienone is 1. The van der Waals surface area contributed by atoms with Crippen molar-refractivity contribution in [2.24, 2.45) is 5.92 Å². The van der Waals surface area contributed by atoms with Crippen molar-refractivity contribution in [3.8, 4) is 5.75 Å². The average molecular weight is 394 g/mol. The minimum atomic E-state index is -1.37. The molecule has 1 aliphatic heterocycles. The predicted molar refractivity (Wildman–Crippen MR) is 103 cm³/mol. The molecule has 9 nitrogen and oxygen atoms in total. The van der Waals surface area contributed by atoms with Crippen LogP contribution in [0.2, 0.25) is 0 Å². The van der Waals surface area contributed by atoms with E-state index in [-0.39, 0.29) is 17.0 Å². The summed E-state index contributed by atoms with van der Waals surface area (Å²) in [5.74, 6) is -3.84. The summed E-state index contributed by atoms with van der Waals surface area (Å²) in [5.41, 5.74) is 5.28. The summed E-state index contributed by atoms with van der Waals surface area (Å²) in [6, 6.07) is 13.2. The quantitative estimate of drug-likeness (QED) is 0.449. The van der Waals surface area contributed by atoms with Gasteiger partial charge in [0.05, 0.1) is 11.3 Å². The van der Waals surface area contributed by atoms with Crippen LogP contribution in [0.5, 0.6) is 5.75 Å². The molecule has 148 valence electrons. The van der Waals surface area contributed by atoms with Crippen molar-refractivity contribution >= 4 is 29.4 Å². The monoisotopic (exact) mass is 394 g/mol. The number of carbonyl (C=O) groups excluding carboxylic acids is 4. The maximum Gasteiger partial charge on any atom is 0.335 e. The molecule has 1 saturated heterocycles. The number of rotatable bonds is 5. The van der Waals surface area contributed by atoms with Crippen molar-refractivity contribution in [3.05, 3.63) is 71.9 Å². The molecular weight excluding hydrogens is 376 g/mol. The average Bonchev–Trinajstić information content (AvgIpc) is 2.71. The van der Waals surface area contributed by atoms with Crippen LogP contribution in [0.15, 0.2) is 66.4 Å². The fourth-order valence-corrected chi connectivity index (χ4v) is 2.84. The van der Waals surface area contributed by atoms with Crippen LogP contribution < -0.4 is 21.1 Å². The molecule has 1 atom stereocenters. The number of para-hydroxylation sites is 2. The number of hydrogen-bond donors (Lipinski definition) is 4. The molecule has 0 aliphatic carbocycles. The molecule has 0 spiro atoms. The Kier molecular flexibility index (Phi) is 5.59. The van der Waals surface area contributed by atoms with E-state index < -0.39 is 29.7 Å². The van der Waals surface area contributed by atoms with Gasteiger partial charge >= 0.3 is 6.03 Å². The van der Waals surface area contributed by atoms with Gasteiger partial charge in [0.25, 0.3) is 11.8 Å². The number of nitrogens with one attached hydrogen (secondary N) is 3. The molecule has 2 aromatic carbocycles. The number of hydrazine groups is 1. The van der Waals surface area contributed by atoms with Gasteiger partial charge in [-0.1, -0.05) is 36.4 Å². The minimum Gasteiger partial charge on any atom is -0.507 e. The van der Waals surface area contributed by atoms with Gasteiger partial charge in [0.1, 0.15) is 5.75 Å². The molecule has 4 N–H and O–H groups in total.